The predicted octanol–water partition coefficient (Wildman–Crippen LogP) is 1.22. The highest BCUT2D eigenvalue weighted by Crippen LogP contribution is 2.42. The summed E-state index contributed by atoms with van der Waals surface area (Å²) in [5.74, 6) is 1.64. The smallest absolute Gasteiger partial charge is 0.219 e. The Hall–Kier alpha value is -2.79. The van der Waals surface area contributed by atoms with Gasteiger partial charge in [0.2, 0.25) is 5.88 Å². The molecule has 0 unspecified atom stereocenters. The molecule has 130 valence electrons. The summed E-state index contributed by atoms with van der Waals surface area (Å²) in [7, 11) is 0. The Morgan fingerprint density at radius 2 is 1.92 bits per heavy atom. The van der Waals surface area contributed by atoms with Crippen LogP contribution in [0.3, 0.4) is 0 Å². The van der Waals surface area contributed by atoms with E-state index in [4.69, 9.17) is 20.9 Å². The first-order valence-corrected chi connectivity index (χ1v) is 8.45. The average molecular weight is 340 g/mol. The molecule has 8 heteroatoms. The Bertz CT molecular complexity index is 885. The molecule has 1 atom stereocenters. The van der Waals surface area contributed by atoms with Crippen molar-refractivity contribution in [2.45, 2.75) is 25.9 Å². The van der Waals surface area contributed by atoms with Gasteiger partial charge in [-0.1, -0.05) is 6.92 Å². The molecule has 2 aliphatic heterocycles. The summed E-state index contributed by atoms with van der Waals surface area (Å²) >= 11 is 0. The third kappa shape index (κ3) is 2.39. The Labute approximate surface area is 145 Å². The Morgan fingerprint density at radius 1 is 1.20 bits per heavy atom. The van der Waals surface area contributed by atoms with Gasteiger partial charge in [-0.25, -0.2) is 4.98 Å². The summed E-state index contributed by atoms with van der Waals surface area (Å²) in [6.07, 6.45) is 1.59. The van der Waals surface area contributed by atoms with Gasteiger partial charge < -0.3 is 25.8 Å². The van der Waals surface area contributed by atoms with Crippen LogP contribution in [0.4, 0.5) is 17.5 Å². The van der Waals surface area contributed by atoms with Crippen LogP contribution in [0.2, 0.25) is 0 Å². The van der Waals surface area contributed by atoms with Crippen LogP contribution in [-0.4, -0.2) is 42.4 Å². The lowest BCUT2D eigenvalue weighted by molar-refractivity contribution is 0.122. The highest BCUT2D eigenvalue weighted by atomic mass is 16.5. The number of hydrogen-bond acceptors (Lipinski definition) is 8. The highest BCUT2D eigenvalue weighted by molar-refractivity contribution is 6.06. The van der Waals surface area contributed by atoms with Crippen LogP contribution in [0.1, 0.15) is 24.5 Å². The first kappa shape index (κ1) is 15.7. The van der Waals surface area contributed by atoms with E-state index in [1.807, 2.05) is 4.90 Å². The molecular weight excluding hydrogens is 320 g/mol. The second kappa shape index (κ2) is 5.93. The molecule has 0 radical (unpaired) electrons. The lowest BCUT2D eigenvalue weighted by Gasteiger charge is -2.29. The van der Waals surface area contributed by atoms with Gasteiger partial charge in [-0.15, -0.1) is 0 Å². The van der Waals surface area contributed by atoms with E-state index in [9.17, 15) is 5.26 Å². The number of fused-ring (bicyclic) bond motifs is 3. The molecule has 0 aliphatic carbocycles. The number of morpholine rings is 1. The molecule has 0 saturated carbocycles. The maximum atomic E-state index is 9.89. The summed E-state index contributed by atoms with van der Waals surface area (Å²) < 4.78 is 11.3. The lowest BCUT2D eigenvalue weighted by Crippen LogP contribution is -2.37. The van der Waals surface area contributed by atoms with Gasteiger partial charge in [0.05, 0.1) is 18.6 Å². The summed E-state index contributed by atoms with van der Waals surface area (Å²) in [4.78, 5) is 10.9. The number of rotatable bonds is 2. The summed E-state index contributed by atoms with van der Waals surface area (Å²) in [5, 5.41) is 11.2. The largest absolute Gasteiger partial charge is 0.474 e. The topological polar surface area (TPSA) is 123 Å². The second-order valence-corrected chi connectivity index (χ2v) is 6.29. The lowest BCUT2D eigenvalue weighted by atomic mass is 9.98. The van der Waals surface area contributed by atoms with Crippen LogP contribution < -0.4 is 21.1 Å². The molecule has 2 aliphatic rings. The molecule has 2 aromatic heterocycles. The molecule has 1 saturated heterocycles. The third-order valence-electron chi connectivity index (χ3n) is 4.83. The van der Waals surface area contributed by atoms with Gasteiger partial charge in [-0.05, 0) is 6.42 Å². The van der Waals surface area contributed by atoms with Crippen molar-refractivity contribution < 1.29 is 9.47 Å². The zero-order valence-electron chi connectivity index (χ0n) is 14.1. The van der Waals surface area contributed by atoms with Gasteiger partial charge in [-0.2, -0.15) is 10.2 Å². The standard InChI is InChI=1S/C17H20N6O2/c1-2-9-7-10-12-11(8-18)16(23-3-5-24-6-4-23)21-14(19)13(12)15(20)22-17(10)25-9/h9H,2-7H2,1H3,(H2,19,21)(H2,20,22)/t9-/m0/s1. The SMILES string of the molecule is CC[C@H]1Cc2c(nc(N)c3c(N)nc(N4CCOCC4)c(C#N)c23)O1. The van der Waals surface area contributed by atoms with E-state index in [0.29, 0.717) is 61.2 Å². The van der Waals surface area contributed by atoms with Crippen molar-refractivity contribution in [3.8, 4) is 11.9 Å². The Morgan fingerprint density at radius 3 is 2.60 bits per heavy atom. The van der Waals surface area contributed by atoms with Gasteiger partial charge in [0.25, 0.3) is 0 Å². The average Bonchev–Trinajstić information content (AvgIpc) is 3.05. The number of hydrogen-bond donors (Lipinski definition) is 2. The number of aromatic nitrogens is 2. The number of nitrogens with two attached hydrogens (primary N) is 2. The minimum atomic E-state index is 0.0419. The maximum absolute atomic E-state index is 9.89. The van der Waals surface area contributed by atoms with Crippen LogP contribution in [0.25, 0.3) is 10.8 Å². The number of ether oxygens (including phenoxy) is 2. The molecule has 4 heterocycles. The van der Waals surface area contributed by atoms with Crippen molar-refractivity contribution in [2.75, 3.05) is 42.7 Å². The van der Waals surface area contributed by atoms with Crippen LogP contribution >= 0.6 is 0 Å². The molecule has 4 N–H and O–H groups in total. The monoisotopic (exact) mass is 340 g/mol. The van der Waals surface area contributed by atoms with E-state index in [2.05, 4.69) is 23.0 Å². The van der Waals surface area contributed by atoms with E-state index < -0.39 is 0 Å². The van der Waals surface area contributed by atoms with Crippen molar-refractivity contribution in [3.63, 3.8) is 0 Å². The fourth-order valence-electron chi connectivity index (χ4n) is 3.54. The minimum Gasteiger partial charge on any atom is -0.474 e. The van der Waals surface area contributed by atoms with Crippen LogP contribution in [-0.2, 0) is 11.2 Å². The highest BCUT2D eigenvalue weighted by Gasteiger charge is 2.31. The molecule has 8 nitrogen and oxygen atoms in total. The number of nitrogen functional groups attached to an aromatic ring is 2. The molecule has 4 rings (SSSR count). The fourth-order valence-corrected chi connectivity index (χ4v) is 3.54. The molecule has 2 aromatic rings. The van der Waals surface area contributed by atoms with Crippen molar-refractivity contribution in [2.24, 2.45) is 0 Å². The number of nitrogens with zero attached hydrogens (tertiary/aromatic N) is 4. The van der Waals surface area contributed by atoms with Crippen molar-refractivity contribution >= 4 is 28.2 Å². The minimum absolute atomic E-state index is 0.0419. The van der Waals surface area contributed by atoms with Crippen molar-refractivity contribution in [1.82, 2.24) is 9.97 Å². The van der Waals surface area contributed by atoms with E-state index in [1.54, 1.807) is 0 Å². The third-order valence-corrected chi connectivity index (χ3v) is 4.83. The molecule has 0 amide bonds. The quantitative estimate of drug-likeness (QED) is 0.836. The number of nitriles is 1. The number of pyridine rings is 2. The van der Waals surface area contributed by atoms with Crippen LogP contribution in [0.5, 0.6) is 5.88 Å². The zero-order valence-corrected chi connectivity index (χ0v) is 14.1. The summed E-state index contributed by atoms with van der Waals surface area (Å²) in [6, 6.07) is 2.31. The first-order valence-electron chi connectivity index (χ1n) is 8.45. The molecule has 1 fully saturated rings. The van der Waals surface area contributed by atoms with Crippen LogP contribution in [0, 0.1) is 11.3 Å². The predicted molar refractivity (Wildman–Crippen MR) is 94.5 cm³/mol. The van der Waals surface area contributed by atoms with Gasteiger partial charge in [0.15, 0.2) is 0 Å². The van der Waals surface area contributed by atoms with Gasteiger partial charge in [0.1, 0.15) is 35.2 Å². The van der Waals surface area contributed by atoms with Crippen LogP contribution in [0.15, 0.2) is 0 Å². The molecule has 25 heavy (non-hydrogen) atoms. The zero-order chi connectivity index (χ0) is 17.6. The van der Waals surface area contributed by atoms with E-state index in [0.717, 1.165) is 17.4 Å². The maximum Gasteiger partial charge on any atom is 0.219 e. The molecule has 0 aromatic carbocycles. The summed E-state index contributed by atoms with van der Waals surface area (Å²) in [5.41, 5.74) is 13.7. The fraction of sp³-hybridized carbons (Fsp3) is 0.471. The Balaban J connectivity index is 2.00. The van der Waals surface area contributed by atoms with Gasteiger partial charge in [0, 0.05) is 30.5 Å². The number of anilines is 3. The molecule has 0 spiro atoms. The first-order chi connectivity index (χ1) is 12.1. The normalized spacial score (nSPS) is 19.5. The van der Waals surface area contributed by atoms with E-state index in [-0.39, 0.29) is 11.9 Å². The van der Waals surface area contributed by atoms with Crippen molar-refractivity contribution in [3.05, 3.63) is 11.1 Å². The van der Waals surface area contributed by atoms with Gasteiger partial charge >= 0.3 is 0 Å². The Kier molecular flexibility index (Phi) is 3.73. The van der Waals surface area contributed by atoms with Crippen molar-refractivity contribution in [1.29, 1.82) is 5.26 Å². The molecule has 0 bridgehead atoms. The second-order valence-electron chi connectivity index (χ2n) is 6.29. The van der Waals surface area contributed by atoms with E-state index >= 15 is 0 Å². The van der Waals surface area contributed by atoms with E-state index in [1.165, 1.54) is 0 Å². The van der Waals surface area contributed by atoms with Gasteiger partial charge in [-0.3, -0.25) is 0 Å². The summed E-state index contributed by atoms with van der Waals surface area (Å²) in [6.45, 7) is 4.60. The molecular formula is C17H20N6O2.